The highest BCUT2D eigenvalue weighted by Gasteiger charge is 2.05. The summed E-state index contributed by atoms with van der Waals surface area (Å²) in [5.41, 5.74) is 0. The quantitative estimate of drug-likeness (QED) is 0.114. The van der Waals surface area contributed by atoms with Gasteiger partial charge in [-0.3, -0.25) is 4.79 Å². The Morgan fingerprint density at radius 1 is 0.741 bits per heavy atom. The molecule has 0 saturated carbocycles. The summed E-state index contributed by atoms with van der Waals surface area (Å²) in [5.74, 6) is -1.07. The summed E-state index contributed by atoms with van der Waals surface area (Å²) in [4.78, 5) is 22.4. The topological polar surface area (TPSA) is 43.4 Å². The second-order valence-corrected chi connectivity index (χ2v) is 5.89. The first-order valence-corrected chi connectivity index (χ1v) is 9.83. The van der Waals surface area contributed by atoms with Crippen LogP contribution in [0.5, 0.6) is 0 Å². The Kier molecular flexibility index (Phi) is 18.1. The van der Waals surface area contributed by atoms with Crippen LogP contribution in [0.3, 0.4) is 0 Å². The molecule has 0 aliphatic rings. The number of carbonyl (C=O) groups excluding carboxylic acids is 2. The van der Waals surface area contributed by atoms with Crippen LogP contribution in [0.1, 0.15) is 65.2 Å². The molecule has 27 heavy (non-hydrogen) atoms. The fourth-order valence-corrected chi connectivity index (χ4v) is 2.07. The average Bonchev–Trinajstić information content (AvgIpc) is 2.64. The molecule has 0 aliphatic heterocycles. The molecule has 0 rings (SSSR count). The molecular weight excluding hydrogens is 336 g/mol. The summed E-state index contributed by atoms with van der Waals surface area (Å²) in [6.45, 7) is 3.84. The van der Waals surface area contributed by atoms with Crippen molar-refractivity contribution in [3.8, 4) is 0 Å². The Hall–Kier alpha value is -2.42. The van der Waals surface area contributed by atoms with E-state index in [1.807, 2.05) is 0 Å². The van der Waals surface area contributed by atoms with Gasteiger partial charge in [0.1, 0.15) is 0 Å². The van der Waals surface area contributed by atoms with Crippen molar-refractivity contribution in [2.24, 2.45) is 0 Å². The van der Waals surface area contributed by atoms with Crippen LogP contribution in [0, 0.1) is 0 Å². The molecule has 0 aliphatic carbocycles. The zero-order valence-electron chi connectivity index (χ0n) is 16.8. The number of hydrogen-bond donors (Lipinski definition) is 0. The molecule has 0 saturated heterocycles. The van der Waals surface area contributed by atoms with Gasteiger partial charge in [0.05, 0.1) is 0 Å². The zero-order valence-corrected chi connectivity index (χ0v) is 16.8. The van der Waals surface area contributed by atoms with E-state index < -0.39 is 11.9 Å². The van der Waals surface area contributed by atoms with Crippen molar-refractivity contribution in [3.63, 3.8) is 0 Å². The second-order valence-electron chi connectivity index (χ2n) is 5.89. The van der Waals surface area contributed by atoms with Gasteiger partial charge in [-0.15, -0.1) is 0 Å². The number of carbonyl (C=O) groups is 2. The predicted molar refractivity (Wildman–Crippen MR) is 114 cm³/mol. The minimum atomic E-state index is -0.600. The van der Waals surface area contributed by atoms with E-state index in [1.54, 1.807) is 13.0 Å². The molecule has 0 amide bonds. The van der Waals surface area contributed by atoms with E-state index >= 15 is 0 Å². The van der Waals surface area contributed by atoms with Gasteiger partial charge in [-0.2, -0.15) is 0 Å². The molecule has 0 N–H and O–H groups in total. The highest BCUT2D eigenvalue weighted by atomic mass is 16.6. The molecule has 3 nitrogen and oxygen atoms in total. The summed E-state index contributed by atoms with van der Waals surface area (Å²) < 4.78 is 4.61. The molecule has 0 unspecified atom stereocenters. The Balaban J connectivity index is 3.60. The monoisotopic (exact) mass is 370 g/mol. The van der Waals surface area contributed by atoms with Crippen LogP contribution >= 0.6 is 0 Å². The van der Waals surface area contributed by atoms with Crippen LogP contribution < -0.4 is 0 Å². The lowest BCUT2D eigenvalue weighted by Gasteiger charge is -1.98. The standard InChI is InChI=1S/C24H34O3/c1-3-5-6-7-8-9-10-11-12-13-14-15-16-17-18-19-20-22-24(26)27-23(25)21-4-2/h4-6,8-9,11-12,14-15,17-18,21H,3,7,10,13,16,19-20,22H2,1-2H3/b6-5-,9-8-,12-11-,15-14-,18-17-,21-4+. The van der Waals surface area contributed by atoms with Crippen molar-refractivity contribution < 1.29 is 14.3 Å². The van der Waals surface area contributed by atoms with Gasteiger partial charge in [-0.05, 0) is 51.9 Å². The Morgan fingerprint density at radius 3 is 1.70 bits per heavy atom. The van der Waals surface area contributed by atoms with E-state index in [0.717, 1.165) is 38.5 Å². The van der Waals surface area contributed by atoms with E-state index in [4.69, 9.17) is 0 Å². The largest absolute Gasteiger partial charge is 0.390 e. The van der Waals surface area contributed by atoms with Gasteiger partial charge in [0.25, 0.3) is 0 Å². The van der Waals surface area contributed by atoms with E-state index in [2.05, 4.69) is 72.4 Å². The summed E-state index contributed by atoms with van der Waals surface area (Å²) in [6, 6.07) is 0. The van der Waals surface area contributed by atoms with Crippen LogP contribution in [0.25, 0.3) is 0 Å². The van der Waals surface area contributed by atoms with Crippen molar-refractivity contribution in [2.75, 3.05) is 0 Å². The van der Waals surface area contributed by atoms with Gasteiger partial charge in [-0.1, -0.05) is 73.8 Å². The van der Waals surface area contributed by atoms with Crippen molar-refractivity contribution in [2.45, 2.75) is 65.2 Å². The summed E-state index contributed by atoms with van der Waals surface area (Å²) >= 11 is 0. The average molecular weight is 371 g/mol. The van der Waals surface area contributed by atoms with Crippen LogP contribution in [-0.2, 0) is 14.3 Å². The third kappa shape index (κ3) is 19.7. The third-order valence-corrected chi connectivity index (χ3v) is 3.43. The minimum Gasteiger partial charge on any atom is -0.390 e. The number of unbranched alkanes of at least 4 members (excludes halogenated alkanes) is 1. The zero-order chi connectivity index (χ0) is 20.0. The summed E-state index contributed by atoms with van der Waals surface area (Å²) in [7, 11) is 0. The maximum atomic E-state index is 11.4. The number of rotatable bonds is 14. The molecule has 0 radical (unpaired) electrons. The maximum absolute atomic E-state index is 11.4. The Morgan fingerprint density at radius 2 is 1.22 bits per heavy atom. The van der Waals surface area contributed by atoms with Crippen molar-refractivity contribution in [1.29, 1.82) is 0 Å². The van der Waals surface area contributed by atoms with E-state index in [0.29, 0.717) is 6.42 Å². The van der Waals surface area contributed by atoms with Gasteiger partial charge >= 0.3 is 11.9 Å². The maximum Gasteiger partial charge on any atom is 0.338 e. The highest BCUT2D eigenvalue weighted by molar-refractivity contribution is 5.91. The summed E-state index contributed by atoms with van der Waals surface area (Å²) in [5, 5.41) is 0. The molecule has 0 aromatic carbocycles. The smallest absolute Gasteiger partial charge is 0.338 e. The Bertz CT molecular complexity index is 560. The first-order valence-electron chi connectivity index (χ1n) is 9.83. The lowest BCUT2D eigenvalue weighted by Crippen LogP contribution is -2.09. The summed E-state index contributed by atoms with van der Waals surface area (Å²) in [6.07, 6.45) is 31.0. The van der Waals surface area contributed by atoms with Crippen LogP contribution in [0.2, 0.25) is 0 Å². The second kappa shape index (κ2) is 19.9. The van der Waals surface area contributed by atoms with Gasteiger partial charge in [0, 0.05) is 12.5 Å². The molecular formula is C24H34O3. The normalized spacial score (nSPS) is 12.7. The molecule has 0 bridgehead atoms. The van der Waals surface area contributed by atoms with Crippen molar-refractivity contribution in [3.05, 3.63) is 72.9 Å². The first kappa shape index (κ1) is 24.6. The molecule has 0 aromatic rings. The van der Waals surface area contributed by atoms with Crippen LogP contribution in [0.15, 0.2) is 72.9 Å². The molecule has 3 heteroatoms. The van der Waals surface area contributed by atoms with Gasteiger partial charge in [0.15, 0.2) is 0 Å². The first-order chi connectivity index (χ1) is 13.2. The fraction of sp³-hybridized carbons (Fsp3) is 0.417. The van der Waals surface area contributed by atoms with Crippen molar-refractivity contribution >= 4 is 11.9 Å². The molecule has 148 valence electrons. The van der Waals surface area contributed by atoms with E-state index in [9.17, 15) is 9.59 Å². The molecule has 0 atom stereocenters. The molecule has 0 fully saturated rings. The van der Waals surface area contributed by atoms with Crippen molar-refractivity contribution in [1.82, 2.24) is 0 Å². The SMILES string of the molecule is C/C=C/C(=O)OC(=O)CCC/C=C\C/C=C\C/C=C\C/C=C\C/C=C\CC. The highest BCUT2D eigenvalue weighted by Crippen LogP contribution is 2.01. The number of hydrogen-bond acceptors (Lipinski definition) is 3. The Labute approximate surface area is 164 Å². The fourth-order valence-electron chi connectivity index (χ4n) is 2.07. The lowest BCUT2D eigenvalue weighted by atomic mass is 10.2. The third-order valence-electron chi connectivity index (χ3n) is 3.43. The number of ether oxygens (including phenoxy) is 1. The van der Waals surface area contributed by atoms with Gasteiger partial charge in [-0.25, -0.2) is 4.79 Å². The molecule has 0 aromatic heterocycles. The number of allylic oxidation sites excluding steroid dienone is 11. The van der Waals surface area contributed by atoms with E-state index in [-0.39, 0.29) is 6.42 Å². The van der Waals surface area contributed by atoms with Crippen LogP contribution in [0.4, 0.5) is 0 Å². The van der Waals surface area contributed by atoms with Gasteiger partial charge < -0.3 is 4.74 Å². The predicted octanol–water partition coefficient (Wildman–Crippen LogP) is 6.55. The van der Waals surface area contributed by atoms with Gasteiger partial charge in [0.2, 0.25) is 0 Å². The van der Waals surface area contributed by atoms with E-state index in [1.165, 1.54) is 6.08 Å². The molecule has 0 spiro atoms. The molecule has 0 heterocycles. The lowest BCUT2D eigenvalue weighted by molar-refractivity contribution is -0.156. The van der Waals surface area contributed by atoms with Crippen LogP contribution in [-0.4, -0.2) is 11.9 Å². The minimum absolute atomic E-state index is 0.262. The number of esters is 2.